The average Bonchev–Trinajstić information content (AvgIpc) is 2.64. The molecule has 0 bridgehead atoms. The highest BCUT2D eigenvalue weighted by atomic mass is 79.9. The number of aromatic nitrogens is 1. The molecule has 7 heteroatoms. The summed E-state index contributed by atoms with van der Waals surface area (Å²) in [5, 5.41) is 3.68. The summed E-state index contributed by atoms with van der Waals surface area (Å²) in [6.45, 7) is 6.88. The molecule has 0 radical (unpaired) electrons. The fourth-order valence-corrected chi connectivity index (χ4v) is 4.34. The van der Waals surface area contributed by atoms with Gasteiger partial charge in [0.1, 0.15) is 5.69 Å². The maximum absolute atomic E-state index is 12.5. The predicted molar refractivity (Wildman–Crippen MR) is 80.4 cm³/mol. The zero-order valence-corrected chi connectivity index (χ0v) is 14.0. The topological polar surface area (TPSA) is 72.2 Å². The van der Waals surface area contributed by atoms with E-state index in [1.807, 2.05) is 26.0 Å². The lowest BCUT2D eigenvalue weighted by Crippen LogP contribution is -2.16. The van der Waals surface area contributed by atoms with Gasteiger partial charge in [-0.1, -0.05) is 21.1 Å². The Morgan fingerprint density at radius 1 is 1.15 bits per heavy atom. The van der Waals surface area contributed by atoms with E-state index in [-0.39, 0.29) is 10.7 Å². The molecule has 1 aromatic carbocycles. The van der Waals surface area contributed by atoms with Crippen LogP contribution in [0.25, 0.3) is 0 Å². The molecule has 108 valence electrons. The van der Waals surface area contributed by atoms with Gasteiger partial charge in [0.15, 0.2) is 10.7 Å². The SMILES string of the molecule is Cc1cc(Br)cc(C)c1NS(=O)(=O)c1c(C)noc1C. The Labute approximate surface area is 126 Å². The molecule has 0 spiro atoms. The molecular formula is C13H15BrN2O3S. The standard InChI is InChI=1S/C13H15BrN2O3S/c1-7-5-11(14)6-8(2)12(7)16-20(17,18)13-9(3)15-19-10(13)4/h5-6,16H,1-4H3. The van der Waals surface area contributed by atoms with E-state index in [0.29, 0.717) is 11.4 Å². The number of rotatable bonds is 3. The highest BCUT2D eigenvalue weighted by Crippen LogP contribution is 2.29. The third kappa shape index (κ3) is 2.73. The Morgan fingerprint density at radius 3 is 2.15 bits per heavy atom. The molecule has 1 aromatic heterocycles. The number of hydrogen-bond acceptors (Lipinski definition) is 4. The van der Waals surface area contributed by atoms with Crippen LogP contribution in [-0.2, 0) is 10.0 Å². The van der Waals surface area contributed by atoms with Gasteiger partial charge in [0.2, 0.25) is 0 Å². The maximum atomic E-state index is 12.5. The summed E-state index contributed by atoms with van der Waals surface area (Å²) in [7, 11) is -3.71. The lowest BCUT2D eigenvalue weighted by molar-refractivity contribution is 0.390. The minimum atomic E-state index is -3.71. The molecule has 2 aromatic rings. The lowest BCUT2D eigenvalue weighted by Gasteiger charge is -2.13. The summed E-state index contributed by atoms with van der Waals surface area (Å²) in [5.74, 6) is 0.280. The molecule has 0 aliphatic heterocycles. The van der Waals surface area contributed by atoms with E-state index >= 15 is 0 Å². The fourth-order valence-electron chi connectivity index (χ4n) is 2.12. The number of aryl methyl sites for hydroxylation is 4. The molecule has 0 saturated carbocycles. The molecule has 0 amide bonds. The minimum absolute atomic E-state index is 0.0965. The van der Waals surface area contributed by atoms with Gasteiger partial charge in [-0.15, -0.1) is 0 Å². The van der Waals surface area contributed by atoms with E-state index in [9.17, 15) is 8.42 Å². The third-order valence-electron chi connectivity index (χ3n) is 2.97. The van der Waals surface area contributed by atoms with Crippen molar-refractivity contribution >= 4 is 31.6 Å². The zero-order valence-electron chi connectivity index (χ0n) is 11.6. The third-order valence-corrected chi connectivity index (χ3v) is 5.02. The quantitative estimate of drug-likeness (QED) is 0.911. The van der Waals surface area contributed by atoms with Gasteiger partial charge in [0, 0.05) is 4.47 Å². The van der Waals surface area contributed by atoms with Crippen LogP contribution in [0.3, 0.4) is 0 Å². The van der Waals surface area contributed by atoms with Crippen molar-refractivity contribution in [1.82, 2.24) is 5.16 Å². The molecule has 0 aliphatic rings. The largest absolute Gasteiger partial charge is 0.360 e. The number of nitrogens with one attached hydrogen (secondary N) is 1. The second-order valence-corrected chi connectivity index (χ2v) is 7.21. The van der Waals surface area contributed by atoms with E-state index in [2.05, 4.69) is 25.8 Å². The summed E-state index contributed by atoms with van der Waals surface area (Å²) >= 11 is 3.39. The number of nitrogens with zero attached hydrogens (tertiary/aromatic N) is 1. The van der Waals surface area contributed by atoms with Crippen LogP contribution < -0.4 is 4.72 Å². The van der Waals surface area contributed by atoms with E-state index in [4.69, 9.17) is 4.52 Å². The van der Waals surface area contributed by atoms with Crippen molar-refractivity contribution in [2.45, 2.75) is 32.6 Å². The van der Waals surface area contributed by atoms with Crippen LogP contribution >= 0.6 is 15.9 Å². The van der Waals surface area contributed by atoms with Gasteiger partial charge in [-0.2, -0.15) is 0 Å². The summed E-state index contributed by atoms with van der Waals surface area (Å²) in [6.07, 6.45) is 0. The summed E-state index contributed by atoms with van der Waals surface area (Å²) in [4.78, 5) is 0.0965. The molecule has 0 atom stereocenters. The Bertz CT molecular complexity index is 723. The first-order chi connectivity index (χ1) is 9.22. The molecule has 0 saturated heterocycles. The van der Waals surface area contributed by atoms with Gasteiger partial charge in [0.25, 0.3) is 10.0 Å². The average molecular weight is 359 g/mol. The van der Waals surface area contributed by atoms with E-state index in [0.717, 1.165) is 15.6 Å². The first-order valence-electron chi connectivity index (χ1n) is 5.95. The van der Waals surface area contributed by atoms with Crippen molar-refractivity contribution in [3.8, 4) is 0 Å². The number of halogens is 1. The molecule has 1 N–H and O–H groups in total. The highest BCUT2D eigenvalue weighted by Gasteiger charge is 2.25. The van der Waals surface area contributed by atoms with Crippen LogP contribution in [0, 0.1) is 27.7 Å². The van der Waals surface area contributed by atoms with E-state index in [1.165, 1.54) is 0 Å². The minimum Gasteiger partial charge on any atom is -0.360 e. The number of hydrogen-bond donors (Lipinski definition) is 1. The molecule has 0 unspecified atom stereocenters. The monoisotopic (exact) mass is 358 g/mol. The van der Waals surface area contributed by atoms with Crippen LogP contribution in [0.2, 0.25) is 0 Å². The second kappa shape index (κ2) is 5.21. The molecule has 0 aliphatic carbocycles. The zero-order chi connectivity index (χ0) is 15.1. The van der Waals surface area contributed by atoms with Gasteiger partial charge in [-0.25, -0.2) is 8.42 Å². The van der Waals surface area contributed by atoms with E-state index in [1.54, 1.807) is 13.8 Å². The van der Waals surface area contributed by atoms with Gasteiger partial charge < -0.3 is 4.52 Å². The van der Waals surface area contributed by atoms with Gasteiger partial charge in [-0.05, 0) is 51.0 Å². The van der Waals surface area contributed by atoms with Crippen LogP contribution in [0.4, 0.5) is 5.69 Å². The van der Waals surface area contributed by atoms with Gasteiger partial charge in [0.05, 0.1) is 5.69 Å². The van der Waals surface area contributed by atoms with Gasteiger partial charge >= 0.3 is 0 Å². The first kappa shape index (κ1) is 15.1. The summed E-state index contributed by atoms with van der Waals surface area (Å²) in [6, 6.07) is 3.72. The van der Waals surface area contributed by atoms with Crippen molar-refractivity contribution in [2.75, 3.05) is 4.72 Å². The van der Waals surface area contributed by atoms with Crippen molar-refractivity contribution in [1.29, 1.82) is 0 Å². The first-order valence-corrected chi connectivity index (χ1v) is 8.22. The van der Waals surface area contributed by atoms with Crippen LogP contribution in [0.1, 0.15) is 22.6 Å². The van der Waals surface area contributed by atoms with Crippen molar-refractivity contribution in [3.05, 3.63) is 39.2 Å². The van der Waals surface area contributed by atoms with Gasteiger partial charge in [-0.3, -0.25) is 4.72 Å². The predicted octanol–water partition coefficient (Wildman–Crippen LogP) is 3.47. The molecule has 1 heterocycles. The molecule has 2 rings (SSSR count). The summed E-state index contributed by atoms with van der Waals surface area (Å²) in [5.41, 5.74) is 2.61. The molecule has 5 nitrogen and oxygen atoms in total. The lowest BCUT2D eigenvalue weighted by atomic mass is 10.1. The Hall–Kier alpha value is -1.34. The van der Waals surface area contributed by atoms with Crippen molar-refractivity contribution in [2.24, 2.45) is 0 Å². The highest BCUT2D eigenvalue weighted by molar-refractivity contribution is 9.10. The molecular weight excluding hydrogens is 344 g/mol. The number of anilines is 1. The maximum Gasteiger partial charge on any atom is 0.267 e. The normalized spacial score (nSPS) is 11.7. The van der Waals surface area contributed by atoms with Crippen LogP contribution in [0.5, 0.6) is 0 Å². The fraction of sp³-hybridized carbons (Fsp3) is 0.308. The second-order valence-electron chi connectivity index (χ2n) is 4.67. The van der Waals surface area contributed by atoms with Crippen LogP contribution in [-0.4, -0.2) is 13.6 Å². The smallest absolute Gasteiger partial charge is 0.267 e. The Kier molecular flexibility index (Phi) is 3.93. The van der Waals surface area contributed by atoms with Crippen molar-refractivity contribution in [3.63, 3.8) is 0 Å². The van der Waals surface area contributed by atoms with Crippen molar-refractivity contribution < 1.29 is 12.9 Å². The summed E-state index contributed by atoms with van der Waals surface area (Å²) < 4.78 is 33.4. The van der Waals surface area contributed by atoms with Crippen LogP contribution in [0.15, 0.2) is 26.0 Å². The number of benzene rings is 1. The molecule has 0 fully saturated rings. The molecule has 20 heavy (non-hydrogen) atoms. The Morgan fingerprint density at radius 2 is 1.70 bits per heavy atom. The number of sulfonamides is 1. The van der Waals surface area contributed by atoms with E-state index < -0.39 is 10.0 Å². The Balaban J connectivity index is 2.50.